The van der Waals surface area contributed by atoms with Gasteiger partial charge in [-0.3, -0.25) is 9.48 Å². The van der Waals surface area contributed by atoms with Crippen LogP contribution in [0.2, 0.25) is 5.02 Å². The molecule has 21 heavy (non-hydrogen) atoms. The van der Waals surface area contributed by atoms with E-state index in [9.17, 15) is 13.6 Å². The molecule has 0 N–H and O–H groups in total. The molecule has 4 nitrogen and oxygen atoms in total. The minimum absolute atomic E-state index is 0.264. The average Bonchev–Trinajstić information content (AvgIpc) is 2.89. The molecule has 0 saturated heterocycles. The molecule has 0 fully saturated rings. The van der Waals surface area contributed by atoms with Crippen LogP contribution in [0.1, 0.15) is 28.9 Å². The number of hydrogen-bond donors (Lipinski definition) is 0. The lowest BCUT2D eigenvalue weighted by molar-refractivity contribution is 0.0738. The molecule has 1 atom stereocenters. The van der Waals surface area contributed by atoms with Crippen molar-refractivity contribution in [3.8, 4) is 0 Å². The van der Waals surface area contributed by atoms with Crippen LogP contribution in [0.15, 0.2) is 24.5 Å². The summed E-state index contributed by atoms with van der Waals surface area (Å²) in [6.07, 6.45) is 3.39. The molecule has 1 amide bonds. The smallest absolute Gasteiger partial charge is 0.257 e. The number of aromatic nitrogens is 2. The van der Waals surface area contributed by atoms with Crippen molar-refractivity contribution in [1.29, 1.82) is 0 Å². The van der Waals surface area contributed by atoms with E-state index in [1.807, 2.05) is 0 Å². The highest BCUT2D eigenvalue weighted by Gasteiger charge is 2.24. The van der Waals surface area contributed by atoms with Gasteiger partial charge in [0, 0.05) is 25.9 Å². The highest BCUT2D eigenvalue weighted by molar-refractivity contribution is 6.31. The summed E-state index contributed by atoms with van der Waals surface area (Å²) in [6.45, 7) is 1.79. The molecular formula is C14H14ClF2N3O. The lowest BCUT2D eigenvalue weighted by Crippen LogP contribution is -2.30. The number of carbonyl (C=O) groups excluding carboxylic acids is 1. The van der Waals surface area contributed by atoms with Crippen LogP contribution in [0, 0.1) is 11.6 Å². The fourth-order valence-corrected chi connectivity index (χ4v) is 2.10. The summed E-state index contributed by atoms with van der Waals surface area (Å²) < 4.78 is 28.7. The maximum atomic E-state index is 13.9. The first-order chi connectivity index (χ1) is 9.82. The molecule has 112 valence electrons. The zero-order valence-corrected chi connectivity index (χ0v) is 12.5. The molecule has 1 aromatic heterocycles. The monoisotopic (exact) mass is 313 g/mol. The van der Waals surface area contributed by atoms with Crippen molar-refractivity contribution in [3.05, 3.63) is 52.3 Å². The van der Waals surface area contributed by atoms with Gasteiger partial charge in [-0.1, -0.05) is 11.6 Å². The van der Waals surface area contributed by atoms with Crippen molar-refractivity contribution in [2.45, 2.75) is 13.0 Å². The van der Waals surface area contributed by atoms with Gasteiger partial charge in [0.05, 0.1) is 17.8 Å². The van der Waals surface area contributed by atoms with Gasteiger partial charge in [-0.2, -0.15) is 5.10 Å². The average molecular weight is 314 g/mol. The molecule has 2 rings (SSSR count). The fourth-order valence-electron chi connectivity index (χ4n) is 1.94. The van der Waals surface area contributed by atoms with Gasteiger partial charge in [0.2, 0.25) is 0 Å². The Balaban J connectivity index is 2.29. The molecule has 0 spiro atoms. The first kappa shape index (κ1) is 15.4. The van der Waals surface area contributed by atoms with Gasteiger partial charge in [-0.25, -0.2) is 8.78 Å². The maximum Gasteiger partial charge on any atom is 0.257 e. The summed E-state index contributed by atoms with van der Waals surface area (Å²) >= 11 is 5.50. The highest BCUT2D eigenvalue weighted by atomic mass is 35.5. The zero-order chi connectivity index (χ0) is 15.7. The molecule has 2 aromatic rings. The molecule has 0 aliphatic carbocycles. The topological polar surface area (TPSA) is 38.1 Å². The van der Waals surface area contributed by atoms with Crippen molar-refractivity contribution in [3.63, 3.8) is 0 Å². The molecule has 0 aliphatic heterocycles. The van der Waals surface area contributed by atoms with E-state index in [4.69, 9.17) is 11.6 Å². The van der Waals surface area contributed by atoms with Crippen LogP contribution in [-0.4, -0.2) is 27.6 Å². The van der Waals surface area contributed by atoms with Crippen molar-refractivity contribution in [1.82, 2.24) is 14.7 Å². The second-order valence-corrected chi connectivity index (χ2v) is 5.14. The summed E-state index contributed by atoms with van der Waals surface area (Å²) in [5.41, 5.74) is 0.543. The van der Waals surface area contributed by atoms with Gasteiger partial charge in [0.1, 0.15) is 10.8 Å². The molecule has 7 heteroatoms. The van der Waals surface area contributed by atoms with E-state index in [0.717, 1.165) is 17.7 Å². The van der Waals surface area contributed by atoms with Crippen LogP contribution in [0.5, 0.6) is 0 Å². The third-order valence-corrected chi connectivity index (χ3v) is 3.72. The summed E-state index contributed by atoms with van der Waals surface area (Å²) in [5, 5.41) is 3.35. The van der Waals surface area contributed by atoms with Crippen LogP contribution in [-0.2, 0) is 7.05 Å². The number of benzene rings is 1. The van der Waals surface area contributed by atoms with Gasteiger partial charge in [0.25, 0.3) is 5.91 Å². The molecule has 0 unspecified atom stereocenters. The Hall–Kier alpha value is -1.95. The molecule has 0 radical (unpaired) electrons. The van der Waals surface area contributed by atoms with Crippen LogP contribution < -0.4 is 0 Å². The van der Waals surface area contributed by atoms with Crippen molar-refractivity contribution >= 4 is 17.5 Å². The first-order valence-corrected chi connectivity index (χ1v) is 6.60. The Bertz CT molecular complexity index is 687. The lowest BCUT2D eigenvalue weighted by Gasteiger charge is -2.24. The molecular weight excluding hydrogens is 300 g/mol. The normalized spacial score (nSPS) is 12.3. The maximum absolute atomic E-state index is 13.9. The fraction of sp³-hybridized carbons (Fsp3) is 0.286. The molecule has 1 heterocycles. The van der Waals surface area contributed by atoms with E-state index in [1.165, 1.54) is 11.9 Å². The minimum atomic E-state index is -1.05. The van der Waals surface area contributed by atoms with E-state index in [1.54, 1.807) is 31.0 Å². The van der Waals surface area contributed by atoms with Crippen LogP contribution >= 0.6 is 11.6 Å². The molecule has 0 aliphatic rings. The van der Waals surface area contributed by atoms with Crippen molar-refractivity contribution in [2.75, 3.05) is 7.05 Å². The van der Waals surface area contributed by atoms with Gasteiger partial charge >= 0.3 is 0 Å². The number of hydrogen-bond acceptors (Lipinski definition) is 2. The highest BCUT2D eigenvalue weighted by Crippen LogP contribution is 2.25. The van der Waals surface area contributed by atoms with Crippen LogP contribution in [0.4, 0.5) is 8.78 Å². The Morgan fingerprint density at radius 2 is 2.10 bits per heavy atom. The number of nitrogens with zero attached hydrogens (tertiary/aromatic N) is 3. The van der Waals surface area contributed by atoms with Gasteiger partial charge in [-0.15, -0.1) is 0 Å². The van der Waals surface area contributed by atoms with Gasteiger partial charge < -0.3 is 4.90 Å². The van der Waals surface area contributed by atoms with E-state index in [0.29, 0.717) is 0 Å². The molecule has 0 bridgehead atoms. The standard InChI is InChI=1S/C14H14ClF2N3O/c1-8(9-6-18-19(2)7-9)20(3)14(21)10-4-5-11(16)12(15)13(10)17/h4-8H,1-3H3/t8-/m1/s1. The molecule has 0 saturated carbocycles. The number of amides is 1. The predicted octanol–water partition coefficient (Wildman–Crippen LogP) is 3.18. The van der Waals surface area contributed by atoms with Crippen LogP contribution in [0.25, 0.3) is 0 Å². The van der Waals surface area contributed by atoms with Gasteiger partial charge in [0.15, 0.2) is 5.82 Å². The van der Waals surface area contributed by atoms with E-state index in [-0.39, 0.29) is 11.6 Å². The Labute approximate surface area is 125 Å². The predicted molar refractivity (Wildman–Crippen MR) is 75.1 cm³/mol. The summed E-state index contributed by atoms with van der Waals surface area (Å²) in [7, 11) is 3.30. The zero-order valence-electron chi connectivity index (χ0n) is 11.8. The lowest BCUT2D eigenvalue weighted by atomic mass is 10.1. The van der Waals surface area contributed by atoms with Crippen molar-refractivity contribution < 1.29 is 13.6 Å². The summed E-state index contributed by atoms with van der Waals surface area (Å²) in [6, 6.07) is 1.75. The number of carbonyl (C=O) groups is 1. The Kier molecular flexibility index (Phi) is 4.27. The number of aryl methyl sites for hydroxylation is 1. The quantitative estimate of drug-likeness (QED) is 0.816. The second-order valence-electron chi connectivity index (χ2n) is 4.76. The molecule has 1 aromatic carbocycles. The summed E-state index contributed by atoms with van der Waals surface area (Å²) in [4.78, 5) is 13.7. The summed E-state index contributed by atoms with van der Waals surface area (Å²) in [5.74, 6) is -2.52. The van der Waals surface area contributed by atoms with E-state index < -0.39 is 22.6 Å². The third kappa shape index (κ3) is 2.90. The van der Waals surface area contributed by atoms with E-state index in [2.05, 4.69) is 5.10 Å². The van der Waals surface area contributed by atoms with E-state index >= 15 is 0 Å². The number of halogens is 3. The third-order valence-electron chi connectivity index (χ3n) is 3.37. The number of rotatable bonds is 3. The SMILES string of the molecule is C[C@H](c1cnn(C)c1)N(C)C(=O)c1ccc(F)c(Cl)c1F. The first-order valence-electron chi connectivity index (χ1n) is 6.22. The minimum Gasteiger partial charge on any atom is -0.335 e. The Morgan fingerprint density at radius 1 is 1.43 bits per heavy atom. The Morgan fingerprint density at radius 3 is 2.67 bits per heavy atom. The van der Waals surface area contributed by atoms with Crippen molar-refractivity contribution in [2.24, 2.45) is 7.05 Å². The second kappa shape index (κ2) is 5.81. The largest absolute Gasteiger partial charge is 0.335 e. The van der Waals surface area contributed by atoms with Gasteiger partial charge in [-0.05, 0) is 19.1 Å². The van der Waals surface area contributed by atoms with Crippen LogP contribution in [0.3, 0.4) is 0 Å².